The molecule has 3 rings (SSSR count). The Bertz CT molecular complexity index is 701. The van der Waals surface area contributed by atoms with Gasteiger partial charge in [0.15, 0.2) is 0 Å². The topological polar surface area (TPSA) is 57.4 Å². The molecular formula is C16H16N2O2S. The fourth-order valence-corrected chi connectivity index (χ4v) is 2.63. The maximum Gasteiger partial charge on any atom is 0.229 e. The predicted octanol–water partition coefficient (Wildman–Crippen LogP) is 3.01. The van der Waals surface area contributed by atoms with Crippen LogP contribution < -0.4 is 15.2 Å². The Balaban J connectivity index is 1.99. The fraction of sp³-hybridized carbons (Fsp3) is 0.250. The summed E-state index contributed by atoms with van der Waals surface area (Å²) in [5.41, 5.74) is 8.79. The van der Waals surface area contributed by atoms with Crippen LogP contribution in [0.15, 0.2) is 30.3 Å². The molecule has 1 aliphatic rings. The van der Waals surface area contributed by atoms with Crippen LogP contribution in [0.1, 0.15) is 23.2 Å². The van der Waals surface area contributed by atoms with Crippen molar-refractivity contribution in [2.24, 2.45) is 5.73 Å². The van der Waals surface area contributed by atoms with Gasteiger partial charge in [-0.15, -0.1) is 0 Å². The Morgan fingerprint density at radius 2 is 2.05 bits per heavy atom. The summed E-state index contributed by atoms with van der Waals surface area (Å²) in [6.45, 7) is 0. The van der Waals surface area contributed by atoms with Crippen LogP contribution in [0.2, 0.25) is 0 Å². The summed E-state index contributed by atoms with van der Waals surface area (Å²) < 4.78 is 11.1. The van der Waals surface area contributed by atoms with Crippen molar-refractivity contribution in [3.05, 3.63) is 47.2 Å². The van der Waals surface area contributed by atoms with Crippen LogP contribution >= 0.6 is 12.2 Å². The Labute approximate surface area is 128 Å². The summed E-state index contributed by atoms with van der Waals surface area (Å²) >= 11 is 5.12. The lowest BCUT2D eigenvalue weighted by molar-refractivity contribution is 0.407. The third kappa shape index (κ3) is 2.83. The maximum atomic E-state index is 5.88. The molecule has 0 saturated carbocycles. The molecule has 1 aromatic heterocycles. The van der Waals surface area contributed by atoms with Crippen molar-refractivity contribution in [2.45, 2.75) is 19.3 Å². The average molecular weight is 300 g/mol. The monoisotopic (exact) mass is 300 g/mol. The lowest BCUT2D eigenvalue weighted by Gasteiger charge is -2.12. The van der Waals surface area contributed by atoms with Gasteiger partial charge in [-0.2, -0.15) is 0 Å². The Hall–Kier alpha value is -2.14. The van der Waals surface area contributed by atoms with Crippen molar-refractivity contribution >= 4 is 17.2 Å². The molecule has 108 valence electrons. The minimum atomic E-state index is 0.301. The third-order valence-corrected chi connectivity index (χ3v) is 3.76. The molecule has 5 heteroatoms. The second kappa shape index (κ2) is 5.69. The van der Waals surface area contributed by atoms with Crippen molar-refractivity contribution in [1.29, 1.82) is 0 Å². The average Bonchev–Trinajstić information content (AvgIpc) is 2.93. The number of aryl methyl sites for hydroxylation is 2. The molecule has 1 heterocycles. The van der Waals surface area contributed by atoms with Crippen LogP contribution in [0.5, 0.6) is 17.4 Å². The number of aromatic nitrogens is 1. The summed E-state index contributed by atoms with van der Waals surface area (Å²) in [5, 5.41) is 0. The highest BCUT2D eigenvalue weighted by atomic mass is 32.1. The fourth-order valence-electron chi connectivity index (χ4n) is 2.48. The number of rotatable bonds is 4. The van der Waals surface area contributed by atoms with Gasteiger partial charge in [-0.3, -0.25) is 0 Å². The lowest BCUT2D eigenvalue weighted by atomic mass is 10.1. The van der Waals surface area contributed by atoms with E-state index in [-0.39, 0.29) is 0 Å². The van der Waals surface area contributed by atoms with Gasteiger partial charge in [-0.25, -0.2) is 4.98 Å². The molecule has 2 aromatic rings. The van der Waals surface area contributed by atoms with E-state index in [9.17, 15) is 0 Å². The molecule has 0 amide bonds. The van der Waals surface area contributed by atoms with Crippen LogP contribution in [0.25, 0.3) is 0 Å². The van der Waals surface area contributed by atoms with Gasteiger partial charge in [0.05, 0.1) is 12.7 Å². The highest BCUT2D eigenvalue weighted by Gasteiger charge is 2.19. The zero-order valence-electron chi connectivity index (χ0n) is 11.8. The first-order chi connectivity index (χ1) is 10.2. The number of ether oxygens (including phenoxy) is 2. The van der Waals surface area contributed by atoms with Gasteiger partial charge in [0.1, 0.15) is 16.5 Å². The Morgan fingerprint density at radius 1 is 1.24 bits per heavy atom. The molecule has 0 aliphatic heterocycles. The molecule has 0 fully saturated rings. The summed E-state index contributed by atoms with van der Waals surface area (Å²) in [6.07, 6.45) is 3.11. The minimum Gasteiger partial charge on any atom is -0.497 e. The second-order valence-corrected chi connectivity index (χ2v) is 5.39. The molecule has 1 aromatic carbocycles. The first-order valence-corrected chi connectivity index (χ1v) is 7.22. The Kier molecular flexibility index (Phi) is 3.75. The van der Waals surface area contributed by atoms with Gasteiger partial charge in [-0.1, -0.05) is 18.3 Å². The quantitative estimate of drug-likeness (QED) is 0.880. The number of pyridine rings is 1. The van der Waals surface area contributed by atoms with Gasteiger partial charge in [0.25, 0.3) is 0 Å². The normalized spacial score (nSPS) is 12.8. The van der Waals surface area contributed by atoms with Crippen LogP contribution in [-0.4, -0.2) is 17.1 Å². The number of hydrogen-bond donors (Lipinski definition) is 1. The van der Waals surface area contributed by atoms with Crippen LogP contribution in [0.3, 0.4) is 0 Å². The molecule has 1 aliphatic carbocycles. The van der Waals surface area contributed by atoms with E-state index < -0.39 is 0 Å². The third-order valence-electron chi connectivity index (χ3n) is 3.54. The van der Waals surface area contributed by atoms with E-state index in [2.05, 4.69) is 4.98 Å². The van der Waals surface area contributed by atoms with E-state index in [4.69, 9.17) is 27.4 Å². The number of methoxy groups -OCH3 is 1. The van der Waals surface area contributed by atoms with E-state index in [1.54, 1.807) is 13.2 Å². The zero-order valence-corrected chi connectivity index (χ0v) is 12.6. The van der Waals surface area contributed by atoms with Crippen molar-refractivity contribution in [3.8, 4) is 17.4 Å². The summed E-state index contributed by atoms with van der Waals surface area (Å²) in [7, 11) is 1.62. The van der Waals surface area contributed by atoms with Gasteiger partial charge in [0.2, 0.25) is 5.88 Å². The molecule has 2 N–H and O–H groups in total. The molecule has 0 unspecified atom stereocenters. The molecule has 0 spiro atoms. The first kappa shape index (κ1) is 13.8. The summed E-state index contributed by atoms with van der Waals surface area (Å²) in [4.78, 5) is 4.90. The van der Waals surface area contributed by atoms with Crippen LogP contribution in [-0.2, 0) is 12.8 Å². The summed E-state index contributed by atoms with van der Waals surface area (Å²) in [6, 6.07) is 9.38. The molecule has 0 bridgehead atoms. The number of hydrogen-bond acceptors (Lipinski definition) is 4. The molecule has 0 atom stereocenters. The number of thiocarbonyl (C=S) groups is 1. The van der Waals surface area contributed by atoms with Gasteiger partial charge >= 0.3 is 0 Å². The van der Waals surface area contributed by atoms with Gasteiger partial charge in [0, 0.05) is 11.8 Å². The van der Waals surface area contributed by atoms with Crippen LogP contribution in [0.4, 0.5) is 0 Å². The summed E-state index contributed by atoms with van der Waals surface area (Å²) in [5.74, 6) is 1.85. The van der Waals surface area contributed by atoms with Crippen molar-refractivity contribution in [1.82, 2.24) is 4.98 Å². The standard InChI is InChI=1S/C16H16N2O2S/c1-19-11-5-3-6-12(9-11)20-16-13(15(17)21)8-10-4-2-7-14(10)18-16/h3,5-6,8-9H,2,4,7H2,1H3,(H2,17,21). The van der Waals surface area contributed by atoms with E-state index in [0.29, 0.717) is 22.2 Å². The molecule has 21 heavy (non-hydrogen) atoms. The predicted molar refractivity (Wildman–Crippen MR) is 85.2 cm³/mol. The lowest BCUT2D eigenvalue weighted by Crippen LogP contribution is -2.13. The van der Waals surface area contributed by atoms with Crippen molar-refractivity contribution < 1.29 is 9.47 Å². The molecule has 4 nitrogen and oxygen atoms in total. The maximum absolute atomic E-state index is 5.88. The number of nitrogens with zero attached hydrogens (tertiary/aromatic N) is 1. The van der Waals surface area contributed by atoms with E-state index in [1.165, 1.54) is 5.56 Å². The Morgan fingerprint density at radius 3 is 2.81 bits per heavy atom. The highest BCUT2D eigenvalue weighted by Crippen LogP contribution is 2.30. The first-order valence-electron chi connectivity index (χ1n) is 6.82. The largest absolute Gasteiger partial charge is 0.497 e. The van der Waals surface area contributed by atoms with E-state index in [1.807, 2.05) is 24.3 Å². The molecule has 0 saturated heterocycles. The van der Waals surface area contributed by atoms with E-state index in [0.717, 1.165) is 30.7 Å². The number of fused-ring (bicyclic) bond motifs is 1. The number of nitrogens with two attached hydrogens (primary N) is 1. The SMILES string of the molecule is COc1cccc(Oc2nc3c(cc2C(N)=S)CCC3)c1. The van der Waals surface area contributed by atoms with Crippen molar-refractivity contribution in [2.75, 3.05) is 7.11 Å². The number of benzene rings is 1. The molecular weight excluding hydrogens is 284 g/mol. The van der Waals surface area contributed by atoms with Crippen LogP contribution in [0, 0.1) is 0 Å². The van der Waals surface area contributed by atoms with E-state index >= 15 is 0 Å². The minimum absolute atomic E-state index is 0.301. The molecule has 0 radical (unpaired) electrons. The van der Waals surface area contributed by atoms with Gasteiger partial charge in [-0.05, 0) is 43.0 Å². The second-order valence-electron chi connectivity index (χ2n) is 4.95. The van der Waals surface area contributed by atoms with Crippen molar-refractivity contribution in [3.63, 3.8) is 0 Å². The zero-order chi connectivity index (χ0) is 14.8. The smallest absolute Gasteiger partial charge is 0.229 e. The van der Waals surface area contributed by atoms with Gasteiger partial charge < -0.3 is 15.2 Å². The highest BCUT2D eigenvalue weighted by molar-refractivity contribution is 7.80.